The zero-order valence-corrected chi connectivity index (χ0v) is 14.2. The Morgan fingerprint density at radius 2 is 2.17 bits per heavy atom. The molecule has 0 amide bonds. The number of benzene rings is 1. The highest BCUT2D eigenvalue weighted by atomic mass is 35.5. The first kappa shape index (κ1) is 16.0. The lowest BCUT2D eigenvalue weighted by atomic mass is 10.2. The maximum atomic E-state index is 13.9. The minimum absolute atomic E-state index is 0.0798. The molecule has 2 heterocycles. The molecular formula is C16H15ClFN3OS. The zero-order chi connectivity index (χ0) is 16.7. The maximum Gasteiger partial charge on any atom is 0.135 e. The van der Waals surface area contributed by atoms with Gasteiger partial charge in [0.2, 0.25) is 0 Å². The topological polar surface area (TPSA) is 60.2 Å². The number of hydrogen-bond acceptors (Lipinski definition) is 4. The van der Waals surface area contributed by atoms with Gasteiger partial charge in [-0.3, -0.25) is 5.41 Å². The van der Waals surface area contributed by atoms with E-state index in [-0.39, 0.29) is 24.7 Å². The third-order valence-electron chi connectivity index (χ3n) is 3.84. The highest BCUT2D eigenvalue weighted by Crippen LogP contribution is 2.33. The van der Waals surface area contributed by atoms with Crippen LogP contribution in [-0.2, 0) is 6.54 Å². The lowest BCUT2D eigenvalue weighted by Crippen LogP contribution is -2.26. The van der Waals surface area contributed by atoms with Crippen LogP contribution in [0.4, 0.5) is 4.39 Å². The highest BCUT2D eigenvalue weighted by molar-refractivity contribution is 7.13. The van der Waals surface area contributed by atoms with Crippen molar-refractivity contribution in [1.82, 2.24) is 9.88 Å². The average Bonchev–Trinajstić information content (AvgIpc) is 2.94. The Morgan fingerprint density at radius 1 is 1.43 bits per heavy atom. The Hall–Kier alpha value is -1.92. The van der Waals surface area contributed by atoms with Gasteiger partial charge in [0.15, 0.2) is 0 Å². The molecule has 1 aromatic carbocycles. The molecule has 2 aromatic rings. The summed E-state index contributed by atoms with van der Waals surface area (Å²) in [6.07, 6.45) is 0. The van der Waals surface area contributed by atoms with Crippen molar-refractivity contribution in [2.75, 3.05) is 6.54 Å². The van der Waals surface area contributed by atoms with Crippen LogP contribution in [0.25, 0.3) is 5.57 Å². The van der Waals surface area contributed by atoms with E-state index in [1.165, 1.54) is 17.4 Å². The van der Waals surface area contributed by atoms with E-state index in [1.54, 1.807) is 17.0 Å². The number of amidine groups is 1. The van der Waals surface area contributed by atoms with E-state index in [2.05, 4.69) is 4.98 Å². The third-order valence-corrected chi connectivity index (χ3v) is 5.28. The molecule has 23 heavy (non-hydrogen) atoms. The van der Waals surface area contributed by atoms with Gasteiger partial charge in [-0.1, -0.05) is 17.7 Å². The molecule has 0 saturated carbocycles. The lowest BCUT2D eigenvalue weighted by Gasteiger charge is -2.19. The molecule has 4 nitrogen and oxygen atoms in total. The normalized spacial score (nSPS) is 15.0. The molecule has 1 aliphatic heterocycles. The summed E-state index contributed by atoms with van der Waals surface area (Å²) in [7, 11) is 0. The molecule has 0 bridgehead atoms. The van der Waals surface area contributed by atoms with Crippen LogP contribution < -0.4 is 0 Å². The van der Waals surface area contributed by atoms with E-state index < -0.39 is 5.82 Å². The molecule has 2 N–H and O–H groups in total. The Labute approximate surface area is 142 Å². The molecule has 0 spiro atoms. The minimum Gasteiger partial charge on any atom is -0.510 e. The predicted molar refractivity (Wildman–Crippen MR) is 90.7 cm³/mol. The molecule has 0 radical (unpaired) electrons. The molecule has 0 aliphatic carbocycles. The van der Waals surface area contributed by atoms with Crippen molar-refractivity contribution in [2.24, 2.45) is 0 Å². The van der Waals surface area contributed by atoms with Gasteiger partial charge in [-0.25, -0.2) is 9.37 Å². The van der Waals surface area contributed by atoms with E-state index in [1.807, 2.05) is 13.8 Å². The van der Waals surface area contributed by atoms with Crippen LogP contribution >= 0.6 is 22.9 Å². The molecular weight excluding hydrogens is 337 g/mol. The van der Waals surface area contributed by atoms with Gasteiger partial charge in [0, 0.05) is 22.0 Å². The number of rotatable bonds is 3. The molecule has 0 saturated heterocycles. The van der Waals surface area contributed by atoms with Crippen LogP contribution in [0.3, 0.4) is 0 Å². The summed E-state index contributed by atoms with van der Waals surface area (Å²) in [4.78, 5) is 7.03. The van der Waals surface area contributed by atoms with Gasteiger partial charge >= 0.3 is 0 Å². The summed E-state index contributed by atoms with van der Waals surface area (Å²) in [6.45, 7) is 4.11. The fraction of sp³-hybridized carbons (Fsp3) is 0.250. The van der Waals surface area contributed by atoms with Gasteiger partial charge in [0.1, 0.15) is 22.4 Å². The largest absolute Gasteiger partial charge is 0.510 e. The predicted octanol–water partition coefficient (Wildman–Crippen LogP) is 4.31. The molecule has 3 rings (SSSR count). The zero-order valence-electron chi connectivity index (χ0n) is 12.7. The molecule has 0 unspecified atom stereocenters. The van der Waals surface area contributed by atoms with Crippen molar-refractivity contribution in [2.45, 2.75) is 20.4 Å². The summed E-state index contributed by atoms with van der Waals surface area (Å²) in [5.74, 6) is -0.203. The fourth-order valence-corrected chi connectivity index (χ4v) is 3.65. The number of aryl methyl sites for hydroxylation is 2. The SMILES string of the molecule is Cc1nc(C2=C(O)CN(Cc3c(F)cccc3Cl)C2=N)sc1C. The second-order valence-corrected chi connectivity index (χ2v) is 7.00. The first-order chi connectivity index (χ1) is 10.9. The Morgan fingerprint density at radius 3 is 2.78 bits per heavy atom. The summed E-state index contributed by atoms with van der Waals surface area (Å²) < 4.78 is 13.9. The third kappa shape index (κ3) is 2.84. The van der Waals surface area contributed by atoms with E-state index >= 15 is 0 Å². The van der Waals surface area contributed by atoms with Crippen LogP contribution in [0.1, 0.15) is 21.1 Å². The Bertz CT molecular complexity index is 791. The first-order valence-electron chi connectivity index (χ1n) is 7.01. The summed E-state index contributed by atoms with van der Waals surface area (Å²) in [5.41, 5.74) is 1.62. The van der Waals surface area contributed by atoms with Crippen molar-refractivity contribution in [3.63, 3.8) is 0 Å². The number of nitrogens with zero attached hydrogens (tertiary/aromatic N) is 2. The quantitative estimate of drug-likeness (QED) is 0.866. The van der Waals surface area contributed by atoms with E-state index in [0.717, 1.165) is 10.6 Å². The van der Waals surface area contributed by atoms with Crippen molar-refractivity contribution in [3.8, 4) is 0 Å². The van der Waals surface area contributed by atoms with E-state index in [4.69, 9.17) is 17.0 Å². The van der Waals surface area contributed by atoms with Crippen LogP contribution in [0.5, 0.6) is 0 Å². The first-order valence-corrected chi connectivity index (χ1v) is 8.21. The van der Waals surface area contributed by atoms with Crippen molar-refractivity contribution >= 4 is 34.3 Å². The van der Waals surface area contributed by atoms with Gasteiger partial charge in [-0.15, -0.1) is 11.3 Å². The smallest absolute Gasteiger partial charge is 0.135 e. The van der Waals surface area contributed by atoms with E-state index in [9.17, 15) is 9.50 Å². The number of thiazole rings is 1. The van der Waals surface area contributed by atoms with Crippen molar-refractivity contribution < 1.29 is 9.50 Å². The van der Waals surface area contributed by atoms with Crippen LogP contribution in [0.2, 0.25) is 5.02 Å². The van der Waals surface area contributed by atoms with Gasteiger partial charge in [-0.05, 0) is 26.0 Å². The van der Waals surface area contributed by atoms with Gasteiger partial charge < -0.3 is 10.0 Å². The number of nitrogens with one attached hydrogen (secondary N) is 1. The monoisotopic (exact) mass is 351 g/mol. The van der Waals surface area contributed by atoms with Crippen molar-refractivity contribution in [3.05, 3.63) is 55.9 Å². The standard InChI is InChI=1S/C16H15ClFN3OS/c1-8-9(2)23-16(20-8)14-13(22)7-21(15(14)19)6-10-11(17)4-3-5-12(10)18/h3-5,19,22H,6-7H2,1-2H3. The molecule has 0 atom stereocenters. The van der Waals surface area contributed by atoms with Crippen LogP contribution in [0, 0.1) is 25.1 Å². The number of halogens is 2. The van der Waals surface area contributed by atoms with Gasteiger partial charge in [0.25, 0.3) is 0 Å². The number of aliphatic hydroxyl groups is 1. The lowest BCUT2D eigenvalue weighted by molar-refractivity contribution is 0.344. The Balaban J connectivity index is 1.88. The average molecular weight is 352 g/mol. The van der Waals surface area contributed by atoms with Gasteiger partial charge in [0.05, 0.1) is 17.8 Å². The fourth-order valence-electron chi connectivity index (χ4n) is 2.45. The summed E-state index contributed by atoms with van der Waals surface area (Å²) >= 11 is 7.48. The molecule has 0 fully saturated rings. The molecule has 120 valence electrons. The Kier molecular flexibility index (Phi) is 4.12. The van der Waals surface area contributed by atoms with Crippen LogP contribution in [-0.4, -0.2) is 27.4 Å². The number of aromatic nitrogens is 1. The second kappa shape index (κ2) is 5.94. The van der Waals surface area contributed by atoms with Gasteiger partial charge in [-0.2, -0.15) is 0 Å². The highest BCUT2D eigenvalue weighted by Gasteiger charge is 2.31. The summed E-state index contributed by atoms with van der Waals surface area (Å²) in [5, 5.41) is 19.5. The number of aliphatic hydroxyl groups excluding tert-OH is 1. The minimum atomic E-state index is -0.417. The molecule has 7 heteroatoms. The second-order valence-electron chi connectivity index (χ2n) is 5.39. The molecule has 1 aromatic heterocycles. The van der Waals surface area contributed by atoms with Crippen LogP contribution in [0.15, 0.2) is 24.0 Å². The van der Waals surface area contributed by atoms with E-state index in [0.29, 0.717) is 21.2 Å². The number of hydrogen-bond donors (Lipinski definition) is 2. The maximum absolute atomic E-state index is 13.9. The summed E-state index contributed by atoms with van der Waals surface area (Å²) in [6, 6.07) is 4.49. The molecule has 1 aliphatic rings. The van der Waals surface area contributed by atoms with Crippen molar-refractivity contribution in [1.29, 1.82) is 5.41 Å².